The topological polar surface area (TPSA) is 62.1 Å². The van der Waals surface area contributed by atoms with E-state index >= 15 is 0 Å². The van der Waals surface area contributed by atoms with Crippen LogP contribution in [0.3, 0.4) is 0 Å². The van der Waals surface area contributed by atoms with Gasteiger partial charge in [-0.3, -0.25) is 4.79 Å². The molecule has 4 heteroatoms. The maximum atomic E-state index is 11.5. The van der Waals surface area contributed by atoms with Crippen molar-refractivity contribution in [1.82, 2.24) is 5.32 Å². The predicted molar refractivity (Wildman–Crippen MR) is 56.0 cm³/mol. The lowest BCUT2D eigenvalue weighted by Gasteiger charge is -2.35. The second kappa shape index (κ2) is 4.63. The lowest BCUT2D eigenvalue weighted by molar-refractivity contribution is -0.125. The highest BCUT2D eigenvalue weighted by Crippen LogP contribution is 2.23. The minimum atomic E-state index is -0.573. The van der Waals surface area contributed by atoms with Crippen LogP contribution in [0, 0.1) is 17.2 Å². The molecule has 0 radical (unpaired) electrons. The number of nitrogens with zero attached hydrogens (tertiary/aromatic N) is 1. The molecule has 0 bridgehead atoms. The van der Waals surface area contributed by atoms with Crippen LogP contribution in [0.15, 0.2) is 0 Å². The van der Waals surface area contributed by atoms with E-state index in [1.807, 2.05) is 19.9 Å². The molecule has 0 saturated carbocycles. The van der Waals surface area contributed by atoms with E-state index in [4.69, 9.17) is 10.00 Å². The average molecular weight is 210 g/mol. The predicted octanol–water partition coefficient (Wildman–Crippen LogP) is 1.22. The van der Waals surface area contributed by atoms with Crippen LogP contribution >= 0.6 is 0 Å². The molecule has 84 valence electrons. The Bertz CT molecular complexity index is 281. The van der Waals surface area contributed by atoms with Crippen LogP contribution < -0.4 is 5.32 Å². The van der Waals surface area contributed by atoms with Gasteiger partial charge in [-0.25, -0.2) is 0 Å². The van der Waals surface area contributed by atoms with Gasteiger partial charge < -0.3 is 10.1 Å². The molecular formula is C11H18N2O2. The van der Waals surface area contributed by atoms with E-state index in [0.717, 1.165) is 12.8 Å². The molecule has 0 aromatic heterocycles. The van der Waals surface area contributed by atoms with Crippen LogP contribution in [0.1, 0.15) is 33.6 Å². The van der Waals surface area contributed by atoms with Crippen molar-refractivity contribution in [3.63, 3.8) is 0 Å². The van der Waals surface area contributed by atoms with Crippen molar-refractivity contribution < 1.29 is 9.53 Å². The van der Waals surface area contributed by atoms with Gasteiger partial charge in [0.1, 0.15) is 5.92 Å². The Morgan fingerprint density at radius 2 is 2.33 bits per heavy atom. The summed E-state index contributed by atoms with van der Waals surface area (Å²) in [5, 5.41) is 11.5. The Labute approximate surface area is 90.6 Å². The first-order valence-electron chi connectivity index (χ1n) is 5.28. The minimum Gasteiger partial charge on any atom is -0.375 e. The molecule has 1 N–H and O–H groups in total. The van der Waals surface area contributed by atoms with E-state index in [1.54, 1.807) is 6.92 Å². The summed E-state index contributed by atoms with van der Waals surface area (Å²) in [7, 11) is 0. The van der Waals surface area contributed by atoms with Gasteiger partial charge in [0, 0.05) is 12.6 Å². The normalized spacial score (nSPS) is 26.4. The van der Waals surface area contributed by atoms with Gasteiger partial charge in [-0.05, 0) is 33.6 Å². The van der Waals surface area contributed by atoms with Crippen LogP contribution in [0.25, 0.3) is 0 Å². The van der Waals surface area contributed by atoms with E-state index in [-0.39, 0.29) is 17.6 Å². The number of ether oxygens (including phenoxy) is 1. The third kappa shape index (κ3) is 3.52. The van der Waals surface area contributed by atoms with Crippen molar-refractivity contribution in [3.05, 3.63) is 0 Å². The van der Waals surface area contributed by atoms with E-state index in [0.29, 0.717) is 6.61 Å². The summed E-state index contributed by atoms with van der Waals surface area (Å²) in [6.45, 7) is 6.30. The number of amides is 1. The van der Waals surface area contributed by atoms with E-state index in [9.17, 15) is 4.79 Å². The molecular weight excluding hydrogens is 192 g/mol. The monoisotopic (exact) mass is 210 g/mol. The molecule has 0 aromatic rings. The van der Waals surface area contributed by atoms with Crippen molar-refractivity contribution >= 4 is 5.91 Å². The highest BCUT2D eigenvalue weighted by Gasteiger charge is 2.30. The van der Waals surface area contributed by atoms with Crippen molar-refractivity contribution in [2.45, 2.75) is 45.3 Å². The number of nitriles is 1. The Balaban J connectivity index is 2.46. The van der Waals surface area contributed by atoms with Crippen LogP contribution in [0.5, 0.6) is 0 Å². The number of hydrogen-bond acceptors (Lipinski definition) is 3. The fourth-order valence-electron chi connectivity index (χ4n) is 1.74. The molecule has 1 heterocycles. The molecule has 1 rings (SSSR count). The van der Waals surface area contributed by atoms with Gasteiger partial charge in [-0.1, -0.05) is 0 Å². The molecule has 15 heavy (non-hydrogen) atoms. The van der Waals surface area contributed by atoms with Crippen LogP contribution in [0.4, 0.5) is 0 Å². The van der Waals surface area contributed by atoms with Crippen molar-refractivity contribution in [3.8, 4) is 6.07 Å². The van der Waals surface area contributed by atoms with Crippen LogP contribution in [-0.2, 0) is 9.53 Å². The van der Waals surface area contributed by atoms with E-state index in [1.165, 1.54) is 0 Å². The van der Waals surface area contributed by atoms with Gasteiger partial charge in [-0.2, -0.15) is 5.26 Å². The number of carbonyl (C=O) groups is 1. The zero-order valence-corrected chi connectivity index (χ0v) is 9.54. The SMILES string of the molecule is CC(C#N)C(=O)NC1CCOC(C)(C)C1. The molecule has 4 nitrogen and oxygen atoms in total. The summed E-state index contributed by atoms with van der Waals surface area (Å²) in [5.41, 5.74) is -0.175. The summed E-state index contributed by atoms with van der Waals surface area (Å²) in [6, 6.07) is 2.07. The largest absolute Gasteiger partial charge is 0.375 e. The Morgan fingerprint density at radius 1 is 1.67 bits per heavy atom. The number of hydrogen-bond donors (Lipinski definition) is 1. The van der Waals surface area contributed by atoms with Crippen molar-refractivity contribution in [1.29, 1.82) is 5.26 Å². The minimum absolute atomic E-state index is 0.136. The number of rotatable bonds is 2. The summed E-state index contributed by atoms with van der Waals surface area (Å²) in [4.78, 5) is 11.5. The quantitative estimate of drug-likeness (QED) is 0.745. The molecule has 0 aliphatic carbocycles. The average Bonchev–Trinajstić information content (AvgIpc) is 2.14. The Morgan fingerprint density at radius 3 is 2.87 bits per heavy atom. The summed E-state index contributed by atoms with van der Waals surface area (Å²) < 4.78 is 5.55. The first kappa shape index (κ1) is 12.0. The molecule has 1 saturated heterocycles. The fourth-order valence-corrected chi connectivity index (χ4v) is 1.74. The summed E-state index contributed by atoms with van der Waals surface area (Å²) >= 11 is 0. The Kier molecular flexibility index (Phi) is 3.70. The first-order chi connectivity index (χ1) is 6.94. The van der Waals surface area contributed by atoms with Crippen molar-refractivity contribution in [2.75, 3.05) is 6.61 Å². The van der Waals surface area contributed by atoms with Crippen LogP contribution in [-0.4, -0.2) is 24.2 Å². The van der Waals surface area contributed by atoms with Crippen molar-refractivity contribution in [2.24, 2.45) is 5.92 Å². The maximum Gasteiger partial charge on any atom is 0.237 e. The van der Waals surface area contributed by atoms with E-state index in [2.05, 4.69) is 5.32 Å². The standard InChI is InChI=1S/C11H18N2O2/c1-8(7-12)10(14)13-9-4-5-15-11(2,3)6-9/h8-9H,4-6H2,1-3H3,(H,13,14). The molecule has 1 aliphatic heterocycles. The lowest BCUT2D eigenvalue weighted by Crippen LogP contribution is -2.47. The highest BCUT2D eigenvalue weighted by molar-refractivity contribution is 5.80. The van der Waals surface area contributed by atoms with Gasteiger partial charge in [0.25, 0.3) is 0 Å². The molecule has 0 aromatic carbocycles. The third-order valence-electron chi connectivity index (χ3n) is 2.63. The zero-order valence-electron chi connectivity index (χ0n) is 9.54. The van der Waals surface area contributed by atoms with Gasteiger partial charge in [0.15, 0.2) is 0 Å². The van der Waals surface area contributed by atoms with Gasteiger partial charge in [-0.15, -0.1) is 0 Å². The smallest absolute Gasteiger partial charge is 0.237 e. The zero-order chi connectivity index (χ0) is 11.5. The molecule has 0 spiro atoms. The number of nitrogens with one attached hydrogen (secondary N) is 1. The molecule has 1 aliphatic rings. The fraction of sp³-hybridized carbons (Fsp3) is 0.818. The molecule has 1 fully saturated rings. The lowest BCUT2D eigenvalue weighted by atomic mass is 9.93. The second-order valence-electron chi connectivity index (χ2n) is 4.66. The summed E-state index contributed by atoms with van der Waals surface area (Å²) in [5.74, 6) is -0.754. The highest BCUT2D eigenvalue weighted by atomic mass is 16.5. The second-order valence-corrected chi connectivity index (χ2v) is 4.66. The van der Waals surface area contributed by atoms with E-state index < -0.39 is 5.92 Å². The molecule has 2 atom stereocenters. The molecule has 1 amide bonds. The first-order valence-corrected chi connectivity index (χ1v) is 5.28. The van der Waals surface area contributed by atoms with Gasteiger partial charge >= 0.3 is 0 Å². The molecule has 2 unspecified atom stereocenters. The van der Waals surface area contributed by atoms with Gasteiger partial charge in [0.2, 0.25) is 5.91 Å². The van der Waals surface area contributed by atoms with Crippen LogP contribution in [0.2, 0.25) is 0 Å². The number of carbonyl (C=O) groups excluding carboxylic acids is 1. The Hall–Kier alpha value is -1.08. The van der Waals surface area contributed by atoms with Gasteiger partial charge in [0.05, 0.1) is 11.7 Å². The third-order valence-corrected chi connectivity index (χ3v) is 2.63. The summed E-state index contributed by atoms with van der Waals surface area (Å²) in [6.07, 6.45) is 1.63. The maximum absolute atomic E-state index is 11.5.